The number of halogens is 1. The fraction of sp³-hybridized carbons (Fsp3) is 0.286. The van der Waals surface area contributed by atoms with Crippen molar-refractivity contribution >= 4 is 38.7 Å². The van der Waals surface area contributed by atoms with Gasteiger partial charge in [-0.1, -0.05) is 6.07 Å². The van der Waals surface area contributed by atoms with Crippen molar-refractivity contribution < 1.29 is 14.1 Å². The summed E-state index contributed by atoms with van der Waals surface area (Å²) in [5, 5.41) is 3.48. The van der Waals surface area contributed by atoms with E-state index >= 15 is 0 Å². The molecule has 1 aromatic heterocycles. The maximum absolute atomic E-state index is 14.1. The van der Waals surface area contributed by atoms with E-state index in [1.165, 1.54) is 23.1 Å². The summed E-state index contributed by atoms with van der Waals surface area (Å²) in [6.45, 7) is 6.17. The van der Waals surface area contributed by atoms with E-state index in [0.29, 0.717) is 15.8 Å². The number of hydrogen-bond acceptors (Lipinski definition) is 3. The van der Waals surface area contributed by atoms with Crippen molar-refractivity contribution in [1.82, 2.24) is 0 Å². The maximum Gasteiger partial charge on any atom is 0.266 e. The maximum atomic E-state index is 14.1. The highest BCUT2D eigenvalue weighted by Gasteiger charge is 2.19. The van der Waals surface area contributed by atoms with Crippen molar-refractivity contribution in [2.75, 3.05) is 43.4 Å². The number of aryl methyl sites for hydroxylation is 1. The average molecular weight is 384 g/mol. The van der Waals surface area contributed by atoms with E-state index < -0.39 is 0 Å². The first-order chi connectivity index (χ1) is 13.0. The van der Waals surface area contributed by atoms with Crippen molar-refractivity contribution in [3.05, 3.63) is 58.7 Å². The van der Waals surface area contributed by atoms with Gasteiger partial charge in [0.1, 0.15) is 5.82 Å². The lowest BCUT2D eigenvalue weighted by atomic mass is 10.1. The second-order valence-electron chi connectivity index (χ2n) is 7.11. The highest BCUT2D eigenvalue weighted by atomic mass is 32.1. The van der Waals surface area contributed by atoms with Gasteiger partial charge in [-0.3, -0.25) is 4.79 Å². The van der Waals surface area contributed by atoms with Crippen molar-refractivity contribution in [1.29, 1.82) is 0 Å². The Hall–Kier alpha value is -2.44. The Morgan fingerprint density at radius 1 is 1.15 bits per heavy atom. The molecule has 1 aliphatic rings. The van der Waals surface area contributed by atoms with E-state index in [-0.39, 0.29) is 11.7 Å². The number of carbonyl (C=O) groups is 1. The molecule has 1 amide bonds. The van der Waals surface area contributed by atoms with E-state index in [9.17, 15) is 9.18 Å². The minimum atomic E-state index is -0.279. The molecule has 0 unspecified atom stereocenters. The van der Waals surface area contributed by atoms with Crippen molar-refractivity contribution in [3.8, 4) is 0 Å². The molecule has 2 aromatic carbocycles. The van der Waals surface area contributed by atoms with Gasteiger partial charge in [-0.15, -0.1) is 11.3 Å². The number of quaternary nitrogens is 1. The van der Waals surface area contributed by atoms with Gasteiger partial charge < -0.3 is 15.1 Å². The number of carbonyl (C=O) groups excluding carboxylic acids is 1. The van der Waals surface area contributed by atoms with E-state index in [4.69, 9.17) is 0 Å². The van der Waals surface area contributed by atoms with Crippen LogP contribution in [0.4, 0.5) is 15.8 Å². The van der Waals surface area contributed by atoms with Crippen LogP contribution in [0.5, 0.6) is 0 Å². The van der Waals surface area contributed by atoms with E-state index in [1.54, 1.807) is 17.9 Å². The SMILES string of the molecule is Cc1c(C(=O)Nc2ccc(N3CC[NH+](C)CC3)cc2)sc2cccc(F)c12. The van der Waals surface area contributed by atoms with Crippen molar-refractivity contribution in [2.24, 2.45) is 0 Å². The third-order valence-corrected chi connectivity index (χ3v) is 6.47. The number of amides is 1. The van der Waals surface area contributed by atoms with E-state index in [1.807, 2.05) is 30.3 Å². The number of rotatable bonds is 3. The Balaban J connectivity index is 1.50. The first-order valence-electron chi connectivity index (χ1n) is 9.18. The number of anilines is 2. The summed E-state index contributed by atoms with van der Waals surface area (Å²) >= 11 is 1.33. The van der Waals surface area contributed by atoms with Crippen LogP contribution in [0.3, 0.4) is 0 Å². The van der Waals surface area contributed by atoms with Gasteiger partial charge in [-0.05, 0) is 48.9 Å². The second kappa shape index (κ2) is 7.29. The fourth-order valence-corrected chi connectivity index (χ4v) is 4.68. The summed E-state index contributed by atoms with van der Waals surface area (Å²) in [7, 11) is 2.22. The smallest absolute Gasteiger partial charge is 0.266 e. The van der Waals surface area contributed by atoms with Crippen LogP contribution < -0.4 is 15.1 Å². The summed E-state index contributed by atoms with van der Waals surface area (Å²) in [6, 6.07) is 12.9. The molecule has 1 fully saturated rings. The van der Waals surface area contributed by atoms with Gasteiger partial charge in [-0.2, -0.15) is 0 Å². The molecule has 0 aliphatic carbocycles. The standard InChI is InChI=1S/C21H22FN3OS/c1-14-19-17(22)4-3-5-18(19)27-20(14)21(26)23-15-6-8-16(9-7-15)25-12-10-24(2)11-13-25/h3-9H,10-13H2,1-2H3,(H,23,26)/p+1. The number of thiophene rings is 1. The number of nitrogens with one attached hydrogen (secondary N) is 2. The van der Waals surface area contributed by atoms with Crippen molar-refractivity contribution in [2.45, 2.75) is 6.92 Å². The Morgan fingerprint density at radius 2 is 1.85 bits per heavy atom. The molecule has 4 nitrogen and oxygen atoms in total. The van der Waals surface area contributed by atoms with Gasteiger partial charge in [-0.25, -0.2) is 4.39 Å². The van der Waals surface area contributed by atoms with Crippen LogP contribution in [0.2, 0.25) is 0 Å². The lowest BCUT2D eigenvalue weighted by Gasteiger charge is -2.31. The molecule has 140 valence electrons. The molecule has 0 saturated carbocycles. The lowest BCUT2D eigenvalue weighted by Crippen LogP contribution is -3.12. The minimum Gasteiger partial charge on any atom is -0.360 e. The number of piperazine rings is 1. The molecule has 1 saturated heterocycles. The molecular weight excluding hydrogens is 361 g/mol. The normalized spacial score (nSPS) is 15.3. The van der Waals surface area contributed by atoms with Crippen LogP contribution in [-0.2, 0) is 0 Å². The molecule has 0 atom stereocenters. The van der Waals surface area contributed by atoms with Crippen LogP contribution in [0, 0.1) is 12.7 Å². The molecule has 0 bridgehead atoms. The topological polar surface area (TPSA) is 36.8 Å². The first kappa shape index (κ1) is 17.9. The summed E-state index contributed by atoms with van der Waals surface area (Å²) in [5.41, 5.74) is 2.63. The Labute approximate surface area is 162 Å². The summed E-state index contributed by atoms with van der Waals surface area (Å²) in [6.07, 6.45) is 0. The lowest BCUT2D eigenvalue weighted by molar-refractivity contribution is -0.880. The zero-order chi connectivity index (χ0) is 19.0. The highest BCUT2D eigenvalue weighted by molar-refractivity contribution is 7.21. The van der Waals surface area contributed by atoms with Crippen molar-refractivity contribution in [3.63, 3.8) is 0 Å². The fourth-order valence-electron chi connectivity index (χ4n) is 3.56. The largest absolute Gasteiger partial charge is 0.360 e. The number of likely N-dealkylation sites (N-methyl/N-ethyl adjacent to an activating group) is 1. The van der Waals surface area contributed by atoms with Crippen LogP contribution >= 0.6 is 11.3 Å². The molecule has 2 heterocycles. The molecular formula is C21H23FN3OS+. The summed E-state index contributed by atoms with van der Waals surface area (Å²) in [5.74, 6) is -0.470. The van der Waals surface area contributed by atoms with Gasteiger partial charge in [0.05, 0.1) is 38.1 Å². The number of fused-ring (bicyclic) bond motifs is 1. The van der Waals surface area contributed by atoms with Crippen LogP contribution in [-0.4, -0.2) is 39.1 Å². The molecule has 6 heteroatoms. The van der Waals surface area contributed by atoms with Gasteiger partial charge in [0, 0.05) is 21.5 Å². The van der Waals surface area contributed by atoms with Crippen LogP contribution in [0.25, 0.3) is 10.1 Å². The predicted octanol–water partition coefficient (Wildman–Crippen LogP) is 2.94. The highest BCUT2D eigenvalue weighted by Crippen LogP contribution is 2.33. The third kappa shape index (κ3) is 3.55. The van der Waals surface area contributed by atoms with Gasteiger partial charge in [0.25, 0.3) is 5.91 Å². The molecule has 4 rings (SSSR count). The Morgan fingerprint density at radius 3 is 2.52 bits per heavy atom. The number of hydrogen-bond donors (Lipinski definition) is 2. The molecule has 27 heavy (non-hydrogen) atoms. The zero-order valence-electron chi connectivity index (χ0n) is 15.5. The third-order valence-electron chi connectivity index (χ3n) is 5.22. The minimum absolute atomic E-state index is 0.191. The Bertz CT molecular complexity index is 975. The van der Waals surface area contributed by atoms with Crippen LogP contribution in [0.1, 0.15) is 15.2 Å². The van der Waals surface area contributed by atoms with Gasteiger partial charge in [0.15, 0.2) is 0 Å². The zero-order valence-corrected chi connectivity index (χ0v) is 16.3. The van der Waals surface area contributed by atoms with Gasteiger partial charge >= 0.3 is 0 Å². The number of benzene rings is 2. The Kier molecular flexibility index (Phi) is 4.85. The molecule has 0 spiro atoms. The second-order valence-corrected chi connectivity index (χ2v) is 8.17. The van der Waals surface area contributed by atoms with E-state index in [0.717, 1.165) is 36.6 Å². The quantitative estimate of drug-likeness (QED) is 0.729. The molecule has 2 N–H and O–H groups in total. The summed E-state index contributed by atoms with van der Waals surface area (Å²) in [4.78, 5) is 17.2. The van der Waals surface area contributed by atoms with Gasteiger partial charge in [0.2, 0.25) is 0 Å². The summed E-state index contributed by atoms with van der Waals surface area (Å²) < 4.78 is 14.9. The number of nitrogens with zero attached hydrogens (tertiary/aromatic N) is 1. The predicted molar refractivity (Wildman–Crippen MR) is 110 cm³/mol. The monoisotopic (exact) mass is 384 g/mol. The first-order valence-corrected chi connectivity index (χ1v) is 10.00. The average Bonchev–Trinajstić information content (AvgIpc) is 3.01. The molecule has 1 aliphatic heterocycles. The molecule has 3 aromatic rings. The molecule has 0 radical (unpaired) electrons. The van der Waals surface area contributed by atoms with Crippen LogP contribution in [0.15, 0.2) is 42.5 Å². The van der Waals surface area contributed by atoms with E-state index in [2.05, 4.69) is 17.3 Å².